The van der Waals surface area contributed by atoms with Gasteiger partial charge in [0.05, 0.1) is 0 Å². The number of rotatable bonds is 1. The summed E-state index contributed by atoms with van der Waals surface area (Å²) in [5, 5.41) is 14.0. The van der Waals surface area contributed by atoms with Crippen molar-refractivity contribution in [3.63, 3.8) is 0 Å². The van der Waals surface area contributed by atoms with Gasteiger partial charge in [-0.05, 0) is 54.2 Å². The Hall–Kier alpha value is -2.40. The first-order chi connectivity index (χ1) is 16.3. The van der Waals surface area contributed by atoms with Crippen LogP contribution in [0.3, 0.4) is 0 Å². The lowest BCUT2D eigenvalue weighted by Crippen LogP contribution is -2.46. The highest BCUT2D eigenvalue weighted by Crippen LogP contribution is 2.59. The Morgan fingerprint density at radius 2 is 1.88 bits per heavy atom. The zero-order chi connectivity index (χ0) is 23.8. The van der Waals surface area contributed by atoms with Gasteiger partial charge in [0, 0.05) is 36.5 Å². The molecule has 6 aliphatic rings. The van der Waals surface area contributed by atoms with Crippen molar-refractivity contribution in [2.75, 3.05) is 0 Å². The molecule has 11 atom stereocenters. The third-order valence-electron chi connectivity index (χ3n) is 9.53. The Kier molecular flexibility index (Phi) is 5.07. The predicted octanol–water partition coefficient (Wildman–Crippen LogP) is 3.92. The van der Waals surface area contributed by atoms with E-state index in [2.05, 4.69) is 37.9 Å². The van der Waals surface area contributed by atoms with Gasteiger partial charge in [0.2, 0.25) is 5.91 Å². The number of ether oxygens (including phenoxy) is 1. The molecule has 1 aromatic carbocycles. The largest absolute Gasteiger partial charge is 0.490 e. The normalized spacial score (nSPS) is 46.9. The fourth-order valence-corrected chi connectivity index (χ4v) is 8.34. The number of carbonyl (C=O) groups is 2. The van der Waals surface area contributed by atoms with Crippen LogP contribution >= 0.6 is 0 Å². The van der Waals surface area contributed by atoms with Crippen molar-refractivity contribution in [2.45, 2.75) is 51.4 Å². The Morgan fingerprint density at radius 1 is 1.12 bits per heavy atom. The molecular weight excluding hydrogens is 426 g/mol. The lowest BCUT2D eigenvalue weighted by atomic mass is 9.64. The number of ketones is 1. The number of aliphatic hydroxyl groups is 1. The molecule has 1 amide bonds. The van der Waals surface area contributed by atoms with E-state index in [1.807, 2.05) is 30.3 Å². The molecule has 3 aliphatic heterocycles. The lowest BCUT2D eigenvalue weighted by molar-refractivity contribution is -0.137. The summed E-state index contributed by atoms with van der Waals surface area (Å²) in [6.07, 6.45) is 8.92. The molecule has 1 saturated heterocycles. The lowest BCUT2D eigenvalue weighted by Gasteiger charge is -2.39. The second kappa shape index (κ2) is 7.81. The monoisotopic (exact) mass is 461 g/mol. The van der Waals surface area contributed by atoms with Crippen LogP contribution in [0.4, 0.5) is 0 Å². The summed E-state index contributed by atoms with van der Waals surface area (Å²) < 4.78 is 6.81. The highest BCUT2D eigenvalue weighted by molar-refractivity contribution is 6.04. The first kappa shape index (κ1) is 22.1. The molecule has 5 heteroatoms. The zero-order valence-electron chi connectivity index (χ0n) is 20.0. The smallest absolute Gasteiger partial charge is 0.232 e. The van der Waals surface area contributed by atoms with E-state index in [9.17, 15) is 14.7 Å². The summed E-state index contributed by atoms with van der Waals surface area (Å²) in [6, 6.07) is 7.88. The fourth-order valence-electron chi connectivity index (χ4n) is 8.34. The van der Waals surface area contributed by atoms with E-state index in [-0.39, 0.29) is 54.3 Å². The summed E-state index contributed by atoms with van der Waals surface area (Å²) in [7, 11) is 0. The molecule has 4 bridgehead atoms. The van der Waals surface area contributed by atoms with Crippen molar-refractivity contribution in [2.24, 2.45) is 53.3 Å². The van der Waals surface area contributed by atoms with Crippen molar-refractivity contribution in [1.82, 2.24) is 5.32 Å². The molecule has 3 aliphatic carbocycles. The third kappa shape index (κ3) is 3.30. The van der Waals surface area contributed by atoms with Gasteiger partial charge in [-0.3, -0.25) is 9.59 Å². The highest BCUT2D eigenvalue weighted by atomic mass is 16.5. The average Bonchev–Trinajstić information content (AvgIpc) is 3.27. The second-order valence-electron chi connectivity index (χ2n) is 11.8. The van der Waals surface area contributed by atoms with E-state index in [4.69, 9.17) is 4.74 Å². The van der Waals surface area contributed by atoms with Gasteiger partial charge >= 0.3 is 0 Å². The van der Waals surface area contributed by atoms with E-state index < -0.39 is 11.6 Å². The SMILES string of the molecule is C=C[C@@H]1C=C[C@H]2[C@@H]3C[C@H](C)C[C@H](C)[C@H]3[C@@H]3Oc4ccc(cc4)C[C@@]4(O)C[C@H](C(=O)N4)C(=O)[C@@H]1[C@H]23. The standard InChI is InChI=1S/C29H35NO4/c1-4-18-7-10-20-21-12-15(2)11-16(3)23(21)27-25(20)24(18)26(31)22-14-29(33,30-28(22)32)13-17-5-8-19(34-27)9-6-17/h4-10,15-16,18,20-25,27,33H,1,11-14H2,2-3H3,(H,30,32)/t15-,16+,18-,20+,21+,22+,23-,24+,25+,27+,29-/m1/s1. The zero-order valence-corrected chi connectivity index (χ0v) is 20.0. The topological polar surface area (TPSA) is 75.6 Å². The first-order valence-electron chi connectivity index (χ1n) is 12.9. The van der Waals surface area contributed by atoms with E-state index >= 15 is 0 Å². The van der Waals surface area contributed by atoms with Gasteiger partial charge in [0.15, 0.2) is 0 Å². The maximum Gasteiger partial charge on any atom is 0.232 e. The number of benzene rings is 1. The quantitative estimate of drug-likeness (QED) is 0.491. The van der Waals surface area contributed by atoms with Gasteiger partial charge in [-0.1, -0.05) is 44.2 Å². The summed E-state index contributed by atoms with van der Waals surface area (Å²) in [6.45, 7) is 8.73. The number of amides is 1. The van der Waals surface area contributed by atoms with E-state index in [1.54, 1.807) is 0 Å². The number of carbonyl (C=O) groups excluding carboxylic acids is 2. The second-order valence-corrected chi connectivity index (χ2v) is 11.8. The molecule has 3 heterocycles. The van der Waals surface area contributed by atoms with Crippen LogP contribution in [0.15, 0.2) is 49.1 Å². The number of hydrogen-bond donors (Lipinski definition) is 2. The molecule has 2 N–H and O–H groups in total. The average molecular weight is 462 g/mol. The van der Waals surface area contributed by atoms with Crippen LogP contribution in [0.2, 0.25) is 0 Å². The van der Waals surface area contributed by atoms with E-state index in [1.165, 1.54) is 6.42 Å². The van der Waals surface area contributed by atoms with Crippen molar-refractivity contribution >= 4 is 11.7 Å². The number of Topliss-reactive ketones (excluding diaryl/α,β-unsaturated/α-hetero) is 1. The third-order valence-corrected chi connectivity index (χ3v) is 9.53. The van der Waals surface area contributed by atoms with Crippen molar-refractivity contribution in [1.29, 1.82) is 0 Å². The van der Waals surface area contributed by atoms with Gasteiger partial charge in [0.25, 0.3) is 0 Å². The van der Waals surface area contributed by atoms with Gasteiger partial charge in [-0.2, -0.15) is 0 Å². The Labute approximate surface area is 201 Å². The van der Waals surface area contributed by atoms with Gasteiger partial charge in [-0.25, -0.2) is 0 Å². The maximum atomic E-state index is 14.2. The molecule has 0 spiro atoms. The Balaban J connectivity index is 1.51. The van der Waals surface area contributed by atoms with Crippen molar-refractivity contribution in [3.8, 4) is 5.75 Å². The fraction of sp³-hybridized carbons (Fsp3) is 0.586. The highest BCUT2D eigenvalue weighted by Gasteiger charge is 2.61. The van der Waals surface area contributed by atoms with Crippen molar-refractivity contribution < 1.29 is 19.4 Å². The van der Waals surface area contributed by atoms with Gasteiger partial charge in [0.1, 0.15) is 29.3 Å². The summed E-state index contributed by atoms with van der Waals surface area (Å²) in [4.78, 5) is 27.2. The molecule has 0 aromatic heterocycles. The maximum absolute atomic E-state index is 14.2. The van der Waals surface area contributed by atoms with Crippen LogP contribution in [-0.2, 0) is 16.0 Å². The van der Waals surface area contributed by atoms with Gasteiger partial charge in [-0.15, -0.1) is 6.58 Å². The minimum absolute atomic E-state index is 0.00910. The molecule has 0 radical (unpaired) electrons. The van der Waals surface area contributed by atoms with Crippen LogP contribution in [0.25, 0.3) is 0 Å². The van der Waals surface area contributed by atoms with Crippen LogP contribution in [-0.4, -0.2) is 28.6 Å². The molecular formula is C29H35NO4. The number of hydrogen-bond acceptors (Lipinski definition) is 4. The van der Waals surface area contributed by atoms with Crippen LogP contribution in [0.1, 0.15) is 38.7 Å². The molecule has 180 valence electrons. The molecule has 7 rings (SSSR count). The van der Waals surface area contributed by atoms with Gasteiger partial charge < -0.3 is 15.2 Å². The summed E-state index contributed by atoms with van der Waals surface area (Å²) in [5.74, 6) is 1.27. The van der Waals surface area contributed by atoms with E-state index in [0.717, 1.165) is 17.7 Å². The number of nitrogens with one attached hydrogen (secondary N) is 1. The van der Waals surface area contributed by atoms with Crippen LogP contribution in [0.5, 0.6) is 5.75 Å². The molecule has 3 fully saturated rings. The summed E-state index contributed by atoms with van der Waals surface area (Å²) >= 11 is 0. The van der Waals surface area contributed by atoms with Crippen molar-refractivity contribution in [3.05, 3.63) is 54.6 Å². The van der Waals surface area contributed by atoms with E-state index in [0.29, 0.717) is 23.7 Å². The molecule has 1 aromatic rings. The number of fused-ring (bicyclic) bond motifs is 4. The Bertz CT molecular complexity index is 1050. The Morgan fingerprint density at radius 3 is 2.62 bits per heavy atom. The molecule has 2 saturated carbocycles. The predicted molar refractivity (Wildman–Crippen MR) is 129 cm³/mol. The summed E-state index contributed by atoms with van der Waals surface area (Å²) in [5.41, 5.74) is -0.499. The minimum Gasteiger partial charge on any atom is -0.490 e. The molecule has 34 heavy (non-hydrogen) atoms. The molecule has 0 unspecified atom stereocenters. The van der Waals surface area contributed by atoms with Crippen LogP contribution < -0.4 is 10.1 Å². The first-order valence-corrected chi connectivity index (χ1v) is 12.9. The number of allylic oxidation sites excluding steroid dienone is 3. The van der Waals surface area contributed by atoms with Crippen LogP contribution in [0, 0.1) is 53.3 Å². The molecule has 5 nitrogen and oxygen atoms in total. The minimum atomic E-state index is -1.41.